The molecule has 2 aliphatic heterocycles. The van der Waals surface area contributed by atoms with Gasteiger partial charge in [0.2, 0.25) is 0 Å². The van der Waals surface area contributed by atoms with Crippen molar-refractivity contribution >= 4 is 0 Å². The molecule has 0 bridgehead atoms. The van der Waals surface area contributed by atoms with Gasteiger partial charge in [0.05, 0.1) is 26.4 Å². The van der Waals surface area contributed by atoms with E-state index in [1.807, 2.05) is 27.7 Å². The zero-order valence-electron chi connectivity index (χ0n) is 19.0. The molecule has 2 aromatic rings. The zero-order valence-corrected chi connectivity index (χ0v) is 19.0. The molecule has 0 spiro atoms. The number of rotatable bonds is 6. The van der Waals surface area contributed by atoms with Crippen molar-refractivity contribution in [2.75, 3.05) is 20.8 Å². The monoisotopic (exact) mass is 411 g/mol. The highest BCUT2D eigenvalue weighted by Gasteiger charge is 2.35. The standard InChI is InChI=1S/C25H33NO4/c1-15(2)29-22-8-7-17-11-21-19-13-24(30-16(3)4)23(27-5)12-18(19)9-10-26(21)14-20(17)25(22)28-6/h7-8,12-13,15-16,21H,9-11,14H2,1-6H3/t21-/m0/s1. The van der Waals surface area contributed by atoms with Crippen LogP contribution in [0.1, 0.15) is 56.0 Å². The van der Waals surface area contributed by atoms with Gasteiger partial charge in [-0.1, -0.05) is 6.07 Å². The first-order valence-electron chi connectivity index (χ1n) is 10.9. The van der Waals surface area contributed by atoms with Gasteiger partial charge in [-0.15, -0.1) is 0 Å². The van der Waals surface area contributed by atoms with E-state index in [1.54, 1.807) is 14.2 Å². The van der Waals surface area contributed by atoms with Gasteiger partial charge < -0.3 is 18.9 Å². The van der Waals surface area contributed by atoms with Gasteiger partial charge in [0.1, 0.15) is 0 Å². The summed E-state index contributed by atoms with van der Waals surface area (Å²) in [6, 6.07) is 8.96. The Morgan fingerprint density at radius 1 is 0.867 bits per heavy atom. The Hall–Kier alpha value is -2.40. The second-order valence-electron chi connectivity index (χ2n) is 8.71. The predicted molar refractivity (Wildman–Crippen MR) is 118 cm³/mol. The summed E-state index contributed by atoms with van der Waals surface area (Å²) >= 11 is 0. The van der Waals surface area contributed by atoms with Gasteiger partial charge in [-0.3, -0.25) is 4.90 Å². The molecule has 2 aliphatic rings. The number of methoxy groups -OCH3 is 2. The lowest BCUT2D eigenvalue weighted by Gasteiger charge is -2.42. The molecule has 0 saturated heterocycles. The largest absolute Gasteiger partial charge is 0.493 e. The highest BCUT2D eigenvalue weighted by Crippen LogP contribution is 2.46. The normalized spacial score (nSPS) is 17.9. The highest BCUT2D eigenvalue weighted by atomic mass is 16.5. The molecular weight excluding hydrogens is 378 g/mol. The van der Waals surface area contributed by atoms with E-state index in [9.17, 15) is 0 Å². The second-order valence-corrected chi connectivity index (χ2v) is 8.71. The first kappa shape index (κ1) is 20.9. The summed E-state index contributed by atoms with van der Waals surface area (Å²) in [4.78, 5) is 2.55. The Balaban J connectivity index is 1.72. The van der Waals surface area contributed by atoms with Crippen LogP contribution in [-0.4, -0.2) is 37.9 Å². The van der Waals surface area contributed by atoms with Crippen molar-refractivity contribution in [1.82, 2.24) is 4.90 Å². The number of ether oxygens (including phenoxy) is 4. The molecule has 2 aromatic carbocycles. The molecule has 2 heterocycles. The van der Waals surface area contributed by atoms with E-state index in [0.29, 0.717) is 6.04 Å². The molecule has 0 saturated carbocycles. The topological polar surface area (TPSA) is 40.2 Å². The zero-order chi connectivity index (χ0) is 21.4. The van der Waals surface area contributed by atoms with Gasteiger partial charge in [0.15, 0.2) is 23.0 Å². The summed E-state index contributed by atoms with van der Waals surface area (Å²) in [5, 5.41) is 0. The van der Waals surface area contributed by atoms with E-state index < -0.39 is 0 Å². The lowest BCUT2D eigenvalue weighted by Crippen LogP contribution is -2.39. The molecule has 0 unspecified atom stereocenters. The van der Waals surface area contributed by atoms with Crippen molar-refractivity contribution in [3.63, 3.8) is 0 Å². The molecule has 0 aromatic heterocycles. The third-order valence-corrected chi connectivity index (χ3v) is 5.92. The summed E-state index contributed by atoms with van der Waals surface area (Å²) in [5.41, 5.74) is 5.30. The third-order valence-electron chi connectivity index (χ3n) is 5.92. The number of hydrogen-bond donors (Lipinski definition) is 0. The minimum absolute atomic E-state index is 0.104. The molecule has 0 aliphatic carbocycles. The molecule has 0 radical (unpaired) electrons. The Labute approximate surface area is 179 Å². The number of nitrogens with zero attached hydrogens (tertiary/aromatic N) is 1. The van der Waals surface area contributed by atoms with Crippen molar-refractivity contribution in [1.29, 1.82) is 0 Å². The third kappa shape index (κ3) is 3.83. The van der Waals surface area contributed by atoms with Crippen LogP contribution in [0.4, 0.5) is 0 Å². The van der Waals surface area contributed by atoms with Crippen molar-refractivity contribution < 1.29 is 18.9 Å². The van der Waals surface area contributed by atoms with E-state index in [4.69, 9.17) is 18.9 Å². The van der Waals surface area contributed by atoms with Crippen molar-refractivity contribution in [2.24, 2.45) is 0 Å². The van der Waals surface area contributed by atoms with Crippen LogP contribution in [0.2, 0.25) is 0 Å². The second kappa shape index (κ2) is 8.38. The summed E-state index contributed by atoms with van der Waals surface area (Å²) in [7, 11) is 3.45. The van der Waals surface area contributed by atoms with Crippen molar-refractivity contribution in [3.8, 4) is 23.0 Å². The maximum atomic E-state index is 6.06. The summed E-state index contributed by atoms with van der Waals surface area (Å²) in [5.74, 6) is 3.37. The molecule has 162 valence electrons. The molecule has 30 heavy (non-hydrogen) atoms. The van der Waals surface area contributed by atoms with Crippen LogP contribution in [0.15, 0.2) is 24.3 Å². The Bertz CT molecular complexity index is 922. The Kier molecular flexibility index (Phi) is 5.83. The minimum Gasteiger partial charge on any atom is -0.493 e. The molecule has 4 rings (SSSR count). The van der Waals surface area contributed by atoms with Crippen LogP contribution in [0.25, 0.3) is 0 Å². The quantitative estimate of drug-likeness (QED) is 0.674. The van der Waals surface area contributed by atoms with E-state index in [2.05, 4.69) is 29.2 Å². The lowest BCUT2D eigenvalue weighted by atomic mass is 9.83. The van der Waals surface area contributed by atoms with Gasteiger partial charge in [0, 0.05) is 24.7 Å². The van der Waals surface area contributed by atoms with Crippen LogP contribution in [0.5, 0.6) is 23.0 Å². The minimum atomic E-state index is 0.104. The van der Waals surface area contributed by atoms with Gasteiger partial charge in [-0.05, 0) is 75.4 Å². The maximum Gasteiger partial charge on any atom is 0.165 e. The molecule has 0 N–H and O–H groups in total. The average molecular weight is 412 g/mol. The smallest absolute Gasteiger partial charge is 0.165 e. The fraction of sp³-hybridized carbons (Fsp3) is 0.520. The van der Waals surface area contributed by atoms with Gasteiger partial charge in [-0.2, -0.15) is 0 Å². The first-order valence-corrected chi connectivity index (χ1v) is 10.9. The van der Waals surface area contributed by atoms with Gasteiger partial charge in [0.25, 0.3) is 0 Å². The van der Waals surface area contributed by atoms with E-state index in [1.165, 1.54) is 22.3 Å². The average Bonchev–Trinajstić information content (AvgIpc) is 2.71. The fourth-order valence-electron chi connectivity index (χ4n) is 4.69. The SMILES string of the molecule is COc1cc2c(cc1OC(C)C)[C@@H]1Cc3ccc(OC(C)C)c(OC)c3CN1CC2. The van der Waals surface area contributed by atoms with Crippen molar-refractivity contribution in [2.45, 2.75) is 65.3 Å². The van der Waals surface area contributed by atoms with Crippen LogP contribution in [0, 0.1) is 0 Å². The highest BCUT2D eigenvalue weighted by molar-refractivity contribution is 5.54. The van der Waals surface area contributed by atoms with E-state index >= 15 is 0 Å². The van der Waals surface area contributed by atoms with Crippen LogP contribution in [-0.2, 0) is 19.4 Å². The summed E-state index contributed by atoms with van der Waals surface area (Å²) in [6.07, 6.45) is 2.18. The van der Waals surface area contributed by atoms with Crippen LogP contribution in [0.3, 0.4) is 0 Å². The van der Waals surface area contributed by atoms with E-state index in [-0.39, 0.29) is 12.2 Å². The number of benzene rings is 2. The first-order chi connectivity index (χ1) is 14.4. The van der Waals surface area contributed by atoms with Gasteiger partial charge >= 0.3 is 0 Å². The van der Waals surface area contributed by atoms with Gasteiger partial charge in [-0.25, -0.2) is 0 Å². The molecule has 5 heteroatoms. The maximum absolute atomic E-state index is 6.06. The Morgan fingerprint density at radius 2 is 1.60 bits per heavy atom. The lowest BCUT2D eigenvalue weighted by molar-refractivity contribution is 0.155. The van der Waals surface area contributed by atoms with Crippen molar-refractivity contribution in [3.05, 3.63) is 46.5 Å². The van der Waals surface area contributed by atoms with Crippen LogP contribution < -0.4 is 18.9 Å². The fourth-order valence-corrected chi connectivity index (χ4v) is 4.69. The predicted octanol–water partition coefficient (Wildman–Crippen LogP) is 4.93. The van der Waals surface area contributed by atoms with Crippen LogP contribution >= 0.6 is 0 Å². The molecular formula is C25H33NO4. The molecule has 0 amide bonds. The summed E-state index contributed by atoms with van der Waals surface area (Å²) < 4.78 is 23.5. The number of hydrogen-bond acceptors (Lipinski definition) is 5. The molecule has 0 fully saturated rings. The Morgan fingerprint density at radius 3 is 2.27 bits per heavy atom. The molecule has 1 atom stereocenters. The van der Waals surface area contributed by atoms with E-state index in [0.717, 1.165) is 48.9 Å². The summed E-state index contributed by atoms with van der Waals surface area (Å²) in [6.45, 7) is 10.1. The number of fused-ring (bicyclic) bond motifs is 4. The molecule has 5 nitrogen and oxygen atoms in total.